The maximum atomic E-state index is 13.6. The average molecular weight is 504 g/mol. The molecule has 1 N–H and O–H groups in total. The van der Waals surface area contributed by atoms with E-state index in [0.717, 1.165) is 45.3 Å². The Morgan fingerprint density at radius 2 is 1.59 bits per heavy atom. The molecule has 1 aromatic heterocycles. The number of benzene rings is 3. The van der Waals surface area contributed by atoms with E-state index in [4.69, 9.17) is 23.9 Å². The maximum Gasteiger partial charge on any atom is 0.251 e. The quantitative estimate of drug-likeness (QED) is 0.263. The smallest absolute Gasteiger partial charge is 0.251 e. The molecule has 1 aliphatic heterocycles. The molecule has 5 rings (SSSR count). The number of hydrogen-bond acceptors (Lipinski definition) is 7. The van der Waals surface area contributed by atoms with Crippen LogP contribution in [0.5, 0.6) is 23.0 Å². The minimum absolute atomic E-state index is 0.0578. The SMILES string of the molecule is COc1cc2c(C(=O)NCCCC(C)(C)N(C)C)cc3c4cc5c(cc4ncc3c2cc1OC)OCO5. The van der Waals surface area contributed by atoms with Crippen LogP contribution in [-0.4, -0.2) is 63.0 Å². The molecule has 0 atom stereocenters. The summed E-state index contributed by atoms with van der Waals surface area (Å²) in [6.45, 7) is 5.17. The molecule has 1 amide bonds. The Hall–Kier alpha value is -3.78. The minimum Gasteiger partial charge on any atom is -0.493 e. The molecule has 0 fully saturated rings. The number of amides is 1. The summed E-state index contributed by atoms with van der Waals surface area (Å²) >= 11 is 0. The molecule has 0 aliphatic carbocycles. The van der Waals surface area contributed by atoms with Crippen LogP contribution in [0.4, 0.5) is 0 Å². The number of fused-ring (bicyclic) bond motifs is 6. The predicted molar refractivity (Wildman–Crippen MR) is 145 cm³/mol. The zero-order chi connectivity index (χ0) is 26.3. The van der Waals surface area contributed by atoms with Crippen molar-refractivity contribution >= 4 is 38.4 Å². The van der Waals surface area contributed by atoms with E-state index in [-0.39, 0.29) is 18.2 Å². The summed E-state index contributed by atoms with van der Waals surface area (Å²) in [4.78, 5) is 20.5. The van der Waals surface area contributed by atoms with Crippen LogP contribution < -0.4 is 24.3 Å². The molecular weight excluding hydrogens is 470 g/mol. The molecule has 0 radical (unpaired) electrons. The van der Waals surface area contributed by atoms with E-state index in [2.05, 4.69) is 38.2 Å². The van der Waals surface area contributed by atoms with Gasteiger partial charge in [0.2, 0.25) is 6.79 Å². The zero-order valence-electron chi connectivity index (χ0n) is 22.2. The lowest BCUT2D eigenvalue weighted by Gasteiger charge is -2.32. The summed E-state index contributed by atoms with van der Waals surface area (Å²) in [7, 11) is 7.35. The highest BCUT2D eigenvalue weighted by Crippen LogP contribution is 2.42. The monoisotopic (exact) mass is 503 g/mol. The second kappa shape index (κ2) is 9.59. The molecule has 0 bridgehead atoms. The highest BCUT2D eigenvalue weighted by atomic mass is 16.7. The van der Waals surface area contributed by atoms with Gasteiger partial charge < -0.3 is 29.2 Å². The molecular formula is C29H33N3O5. The van der Waals surface area contributed by atoms with E-state index in [1.165, 1.54) is 0 Å². The van der Waals surface area contributed by atoms with E-state index in [1.807, 2.05) is 36.5 Å². The second-order valence-electron chi connectivity index (χ2n) is 10.2. The first-order chi connectivity index (χ1) is 17.7. The zero-order valence-corrected chi connectivity index (χ0v) is 22.2. The van der Waals surface area contributed by atoms with Crippen LogP contribution in [0.1, 0.15) is 37.0 Å². The number of pyridine rings is 1. The number of carbonyl (C=O) groups is 1. The molecule has 4 aromatic rings. The molecule has 0 unspecified atom stereocenters. The summed E-state index contributed by atoms with van der Waals surface area (Å²) < 4.78 is 22.3. The van der Waals surface area contributed by atoms with Crippen molar-refractivity contribution in [1.29, 1.82) is 0 Å². The Kier molecular flexibility index (Phi) is 6.45. The van der Waals surface area contributed by atoms with E-state index >= 15 is 0 Å². The molecule has 37 heavy (non-hydrogen) atoms. The molecule has 0 saturated carbocycles. The fraction of sp³-hybridized carbons (Fsp3) is 0.379. The predicted octanol–water partition coefficient (Wildman–Crippen LogP) is 5.14. The number of nitrogens with one attached hydrogen (secondary N) is 1. The van der Waals surface area contributed by atoms with Gasteiger partial charge in [-0.1, -0.05) is 0 Å². The third-order valence-electron chi connectivity index (χ3n) is 7.50. The van der Waals surface area contributed by atoms with Crippen LogP contribution in [0.25, 0.3) is 32.4 Å². The molecule has 8 heteroatoms. The summed E-state index contributed by atoms with van der Waals surface area (Å²) in [5.74, 6) is 2.36. The first kappa shape index (κ1) is 24.9. The normalized spacial score (nSPS) is 13.1. The van der Waals surface area contributed by atoms with Gasteiger partial charge in [-0.15, -0.1) is 0 Å². The molecule has 3 aromatic carbocycles. The van der Waals surface area contributed by atoms with Gasteiger partial charge in [-0.2, -0.15) is 0 Å². The Balaban J connectivity index is 1.62. The number of hydrogen-bond donors (Lipinski definition) is 1. The van der Waals surface area contributed by atoms with Crippen molar-refractivity contribution < 1.29 is 23.7 Å². The molecule has 8 nitrogen and oxygen atoms in total. The number of carbonyl (C=O) groups excluding carboxylic acids is 1. The molecule has 194 valence electrons. The fourth-order valence-electron chi connectivity index (χ4n) is 4.75. The van der Waals surface area contributed by atoms with E-state index in [9.17, 15) is 4.79 Å². The fourth-order valence-corrected chi connectivity index (χ4v) is 4.75. The number of rotatable bonds is 8. The lowest BCUT2D eigenvalue weighted by atomic mass is 9.94. The van der Waals surface area contributed by atoms with Crippen LogP contribution in [-0.2, 0) is 0 Å². The third kappa shape index (κ3) is 4.46. The van der Waals surface area contributed by atoms with Crippen molar-refractivity contribution in [2.45, 2.75) is 32.2 Å². The van der Waals surface area contributed by atoms with Crippen molar-refractivity contribution in [2.24, 2.45) is 0 Å². The van der Waals surface area contributed by atoms with Crippen LogP contribution in [0.15, 0.2) is 36.5 Å². The van der Waals surface area contributed by atoms with Gasteiger partial charge in [0.1, 0.15) is 0 Å². The number of aromatic nitrogens is 1. The third-order valence-corrected chi connectivity index (χ3v) is 7.50. The van der Waals surface area contributed by atoms with Gasteiger partial charge in [0.25, 0.3) is 5.91 Å². The average Bonchev–Trinajstić information content (AvgIpc) is 3.35. The van der Waals surface area contributed by atoms with Crippen molar-refractivity contribution in [3.63, 3.8) is 0 Å². The Morgan fingerprint density at radius 1 is 0.946 bits per heavy atom. The van der Waals surface area contributed by atoms with E-state index in [1.54, 1.807) is 14.2 Å². The van der Waals surface area contributed by atoms with Crippen molar-refractivity contribution in [3.05, 3.63) is 42.1 Å². The molecule has 2 heterocycles. The first-order valence-corrected chi connectivity index (χ1v) is 12.4. The number of methoxy groups -OCH3 is 2. The summed E-state index contributed by atoms with van der Waals surface area (Å²) in [5.41, 5.74) is 1.40. The van der Waals surface area contributed by atoms with Gasteiger partial charge in [-0.05, 0) is 81.2 Å². The number of ether oxygens (including phenoxy) is 4. The summed E-state index contributed by atoms with van der Waals surface area (Å²) in [5, 5.41) is 7.47. The Morgan fingerprint density at radius 3 is 2.27 bits per heavy atom. The van der Waals surface area contributed by atoms with Crippen molar-refractivity contribution in [3.8, 4) is 23.0 Å². The maximum absolute atomic E-state index is 13.6. The first-order valence-electron chi connectivity index (χ1n) is 12.4. The van der Waals surface area contributed by atoms with E-state index < -0.39 is 0 Å². The number of nitrogens with zero attached hydrogens (tertiary/aromatic N) is 2. The van der Waals surface area contributed by atoms with Crippen LogP contribution >= 0.6 is 0 Å². The lowest BCUT2D eigenvalue weighted by Crippen LogP contribution is -2.38. The highest BCUT2D eigenvalue weighted by molar-refractivity contribution is 6.22. The minimum atomic E-state index is -0.132. The van der Waals surface area contributed by atoms with Crippen molar-refractivity contribution in [1.82, 2.24) is 15.2 Å². The van der Waals surface area contributed by atoms with Gasteiger partial charge in [-0.3, -0.25) is 9.78 Å². The summed E-state index contributed by atoms with van der Waals surface area (Å²) in [6, 6.07) is 9.52. The Labute approximate surface area is 216 Å². The largest absolute Gasteiger partial charge is 0.493 e. The molecule has 1 aliphatic rings. The van der Waals surface area contributed by atoms with Gasteiger partial charge >= 0.3 is 0 Å². The van der Waals surface area contributed by atoms with Gasteiger partial charge in [0.05, 0.1) is 19.7 Å². The highest BCUT2D eigenvalue weighted by Gasteiger charge is 2.22. The van der Waals surface area contributed by atoms with Gasteiger partial charge in [-0.25, -0.2) is 0 Å². The van der Waals surface area contributed by atoms with Gasteiger partial charge in [0.15, 0.2) is 23.0 Å². The topological polar surface area (TPSA) is 82.2 Å². The van der Waals surface area contributed by atoms with Crippen LogP contribution in [0, 0.1) is 0 Å². The summed E-state index contributed by atoms with van der Waals surface area (Å²) in [6.07, 6.45) is 3.67. The van der Waals surface area contributed by atoms with Crippen LogP contribution in [0.2, 0.25) is 0 Å². The van der Waals surface area contributed by atoms with Crippen molar-refractivity contribution in [2.75, 3.05) is 41.7 Å². The second-order valence-corrected chi connectivity index (χ2v) is 10.2. The standard InChI is InChI=1S/C29H33N3O5/c1-29(2,32(3)4)8-7-9-30-28(33)21-10-17-20-13-26-27(37-16-36-26)14-23(20)31-15-22(17)19-12-25(35-6)24(34-5)11-18(19)21/h10-15H,7-9,16H2,1-6H3,(H,30,33). The lowest BCUT2D eigenvalue weighted by molar-refractivity contribution is 0.0951. The Bertz CT molecular complexity index is 1510. The van der Waals surface area contributed by atoms with Crippen LogP contribution in [0.3, 0.4) is 0 Å². The van der Waals surface area contributed by atoms with Gasteiger partial charge in [0, 0.05) is 40.7 Å². The molecule has 0 spiro atoms. The van der Waals surface area contributed by atoms with E-state index in [0.29, 0.717) is 35.1 Å². The molecule has 0 saturated heterocycles.